The van der Waals surface area contributed by atoms with E-state index in [9.17, 15) is 14.7 Å². The number of anilines is 1. The second-order valence-corrected chi connectivity index (χ2v) is 8.90. The highest BCUT2D eigenvalue weighted by molar-refractivity contribution is 7.14. The molecule has 0 bridgehead atoms. The number of rotatable bonds is 5. The van der Waals surface area contributed by atoms with Gasteiger partial charge in [0.25, 0.3) is 5.78 Å². The van der Waals surface area contributed by atoms with Gasteiger partial charge in [-0.15, -0.1) is 11.3 Å². The van der Waals surface area contributed by atoms with Crippen LogP contribution in [0.1, 0.15) is 28.6 Å². The lowest BCUT2D eigenvalue weighted by Crippen LogP contribution is -2.29. The van der Waals surface area contributed by atoms with Crippen LogP contribution in [0.2, 0.25) is 0 Å². The van der Waals surface area contributed by atoms with Crippen LogP contribution in [0.5, 0.6) is 11.5 Å². The molecule has 5 rings (SSSR count). The molecular weight excluding hydrogens is 468 g/mol. The molecule has 1 unspecified atom stereocenters. The molecule has 3 aromatic heterocycles. The van der Waals surface area contributed by atoms with Gasteiger partial charge in [-0.1, -0.05) is 12.1 Å². The minimum Gasteiger partial charge on any atom is -0.505 e. The van der Waals surface area contributed by atoms with Gasteiger partial charge in [0.2, 0.25) is 0 Å². The molecule has 178 valence electrons. The van der Waals surface area contributed by atoms with E-state index in [-0.39, 0.29) is 17.0 Å². The molecule has 0 radical (unpaired) electrons. The molecule has 1 aliphatic heterocycles. The van der Waals surface area contributed by atoms with E-state index in [0.717, 1.165) is 5.56 Å². The fourth-order valence-corrected chi connectivity index (χ4v) is 5.04. The van der Waals surface area contributed by atoms with E-state index in [4.69, 9.17) is 9.47 Å². The fourth-order valence-electron chi connectivity index (χ4n) is 4.38. The van der Waals surface area contributed by atoms with Crippen molar-refractivity contribution in [2.24, 2.45) is 0 Å². The summed E-state index contributed by atoms with van der Waals surface area (Å²) in [6, 6.07) is 7.96. The number of methoxy groups -OCH3 is 2. The summed E-state index contributed by atoms with van der Waals surface area (Å²) in [5.74, 6) is -1.02. The Morgan fingerprint density at radius 3 is 2.54 bits per heavy atom. The monoisotopic (exact) mass is 490 g/mol. The highest BCUT2D eigenvalue weighted by Crippen LogP contribution is 2.44. The first-order valence-corrected chi connectivity index (χ1v) is 11.6. The summed E-state index contributed by atoms with van der Waals surface area (Å²) < 4.78 is 12.6. The van der Waals surface area contributed by atoms with Crippen molar-refractivity contribution >= 4 is 39.6 Å². The van der Waals surface area contributed by atoms with Crippen molar-refractivity contribution in [3.63, 3.8) is 0 Å². The zero-order chi connectivity index (χ0) is 24.9. The van der Waals surface area contributed by atoms with Crippen molar-refractivity contribution in [3.05, 3.63) is 76.2 Å². The van der Waals surface area contributed by atoms with Crippen molar-refractivity contribution in [2.45, 2.75) is 19.9 Å². The van der Waals surface area contributed by atoms with E-state index in [2.05, 4.69) is 9.97 Å². The van der Waals surface area contributed by atoms with Gasteiger partial charge in [-0.05, 0) is 43.2 Å². The van der Waals surface area contributed by atoms with Crippen LogP contribution in [0.25, 0.3) is 11.4 Å². The zero-order valence-electron chi connectivity index (χ0n) is 19.5. The predicted octanol–water partition coefficient (Wildman–Crippen LogP) is 4.05. The van der Waals surface area contributed by atoms with Gasteiger partial charge in [-0.3, -0.25) is 14.5 Å². The summed E-state index contributed by atoms with van der Waals surface area (Å²) in [6.07, 6.45) is 3.39. The Hall–Kier alpha value is -4.18. The molecule has 9 nitrogen and oxygen atoms in total. The summed E-state index contributed by atoms with van der Waals surface area (Å²) in [6.45, 7) is 3.72. The van der Waals surface area contributed by atoms with E-state index < -0.39 is 17.7 Å². The van der Waals surface area contributed by atoms with Crippen molar-refractivity contribution in [1.82, 2.24) is 14.4 Å². The van der Waals surface area contributed by atoms with Gasteiger partial charge < -0.3 is 19.0 Å². The number of Topliss-reactive ketones (excluding diaryl/α,β-unsaturated/α-hetero) is 1. The highest BCUT2D eigenvalue weighted by Gasteiger charge is 2.48. The van der Waals surface area contributed by atoms with E-state index in [1.54, 1.807) is 36.7 Å². The summed E-state index contributed by atoms with van der Waals surface area (Å²) in [5.41, 5.74) is 2.94. The van der Waals surface area contributed by atoms with Gasteiger partial charge in [0, 0.05) is 17.8 Å². The number of thiazole rings is 1. The Morgan fingerprint density at radius 2 is 1.89 bits per heavy atom. The Balaban J connectivity index is 1.77. The maximum absolute atomic E-state index is 13.4. The molecule has 4 aromatic rings. The molecule has 1 saturated heterocycles. The molecule has 1 N–H and O–H groups in total. The molecule has 35 heavy (non-hydrogen) atoms. The van der Waals surface area contributed by atoms with Crippen LogP contribution in [-0.2, 0) is 9.59 Å². The molecule has 4 heterocycles. The molecular formula is C25H22N4O5S. The van der Waals surface area contributed by atoms with Crippen molar-refractivity contribution in [2.75, 3.05) is 19.1 Å². The first-order chi connectivity index (χ1) is 16.9. The Labute approximate surface area is 204 Å². The lowest BCUT2D eigenvalue weighted by molar-refractivity contribution is -0.132. The van der Waals surface area contributed by atoms with Crippen molar-refractivity contribution in [3.8, 4) is 11.5 Å². The van der Waals surface area contributed by atoms with Gasteiger partial charge in [0.05, 0.1) is 31.5 Å². The Morgan fingerprint density at radius 1 is 1.11 bits per heavy atom. The third kappa shape index (κ3) is 3.45. The summed E-state index contributed by atoms with van der Waals surface area (Å²) in [5, 5.41) is 13.5. The molecule has 1 fully saturated rings. The number of aliphatic hydroxyl groups is 1. The fraction of sp³-hybridized carbons (Fsp3) is 0.200. The number of ketones is 1. The maximum atomic E-state index is 13.4. The number of aromatic nitrogens is 3. The molecule has 1 aliphatic rings. The average Bonchev–Trinajstić information content (AvgIpc) is 3.57. The lowest BCUT2D eigenvalue weighted by Gasteiger charge is -2.23. The number of hydrogen-bond donors (Lipinski definition) is 1. The SMILES string of the molecule is COc1ccc(C2C(=C(O)c3nc4c(C)cccn4c3C)C(=O)C(=O)N2c2nccs2)cc1OC. The largest absolute Gasteiger partial charge is 0.505 e. The number of aliphatic hydroxyl groups excluding tert-OH is 1. The van der Waals surface area contributed by atoms with Gasteiger partial charge in [0.1, 0.15) is 11.3 Å². The number of nitrogens with zero attached hydrogens (tertiary/aromatic N) is 4. The second kappa shape index (κ2) is 8.55. The average molecular weight is 491 g/mol. The van der Waals surface area contributed by atoms with Crippen molar-refractivity contribution < 1.29 is 24.2 Å². The van der Waals surface area contributed by atoms with Gasteiger partial charge in [-0.25, -0.2) is 9.97 Å². The quantitative estimate of drug-likeness (QED) is 0.256. The Bertz CT molecular complexity index is 1510. The smallest absolute Gasteiger partial charge is 0.301 e. The number of carbonyl (C=O) groups is 2. The predicted molar refractivity (Wildman–Crippen MR) is 131 cm³/mol. The Kier molecular flexibility index (Phi) is 5.52. The van der Waals surface area contributed by atoms with Crippen LogP contribution in [-0.4, -0.2) is 45.4 Å². The third-order valence-electron chi connectivity index (χ3n) is 6.10. The third-order valence-corrected chi connectivity index (χ3v) is 6.87. The number of benzene rings is 1. The second-order valence-electron chi connectivity index (χ2n) is 8.03. The number of hydrogen-bond acceptors (Lipinski definition) is 8. The molecule has 1 atom stereocenters. The van der Waals surface area contributed by atoms with Crippen LogP contribution in [0.4, 0.5) is 5.13 Å². The van der Waals surface area contributed by atoms with E-state index >= 15 is 0 Å². The molecule has 1 amide bonds. The van der Waals surface area contributed by atoms with Gasteiger partial charge in [-0.2, -0.15) is 0 Å². The highest BCUT2D eigenvalue weighted by atomic mass is 32.1. The summed E-state index contributed by atoms with van der Waals surface area (Å²) >= 11 is 1.22. The van der Waals surface area contributed by atoms with Crippen LogP contribution in [0, 0.1) is 13.8 Å². The normalized spacial score (nSPS) is 17.4. The lowest BCUT2D eigenvalue weighted by atomic mass is 9.96. The van der Waals surface area contributed by atoms with Crippen LogP contribution >= 0.6 is 11.3 Å². The minimum absolute atomic E-state index is 0.0680. The van der Waals surface area contributed by atoms with Gasteiger partial charge in [0.15, 0.2) is 22.4 Å². The maximum Gasteiger partial charge on any atom is 0.301 e. The number of carbonyl (C=O) groups excluding carboxylic acids is 2. The first kappa shape index (κ1) is 22.6. The molecule has 1 aromatic carbocycles. The van der Waals surface area contributed by atoms with Crippen LogP contribution < -0.4 is 14.4 Å². The molecule has 0 saturated carbocycles. The molecule has 0 spiro atoms. The summed E-state index contributed by atoms with van der Waals surface area (Å²) in [4.78, 5) is 36.8. The number of imidazole rings is 1. The van der Waals surface area contributed by atoms with Crippen molar-refractivity contribution in [1.29, 1.82) is 0 Å². The van der Waals surface area contributed by atoms with E-state index in [0.29, 0.717) is 33.5 Å². The number of pyridine rings is 1. The van der Waals surface area contributed by atoms with Gasteiger partial charge >= 0.3 is 5.91 Å². The van der Waals surface area contributed by atoms with E-state index in [1.807, 2.05) is 29.7 Å². The summed E-state index contributed by atoms with van der Waals surface area (Å²) in [7, 11) is 3.02. The molecule has 10 heteroatoms. The standard InChI is InChI=1S/C25H22N4O5S/c1-13-6-5-10-28-14(2)19(27-23(13)28)21(30)18-20(15-7-8-16(33-3)17(12-15)34-4)29(24(32)22(18)31)25-26-9-11-35-25/h5-12,20,30H,1-4H3. The number of amides is 1. The zero-order valence-corrected chi connectivity index (χ0v) is 20.3. The minimum atomic E-state index is -0.939. The topological polar surface area (TPSA) is 106 Å². The number of ether oxygens (including phenoxy) is 2. The van der Waals surface area contributed by atoms with Crippen LogP contribution in [0.15, 0.2) is 53.7 Å². The van der Waals surface area contributed by atoms with E-state index in [1.165, 1.54) is 30.5 Å². The molecule has 0 aliphatic carbocycles. The number of fused-ring (bicyclic) bond motifs is 1. The van der Waals surface area contributed by atoms with Crippen LogP contribution in [0.3, 0.4) is 0 Å². The number of aryl methyl sites for hydroxylation is 2. The first-order valence-electron chi connectivity index (χ1n) is 10.7.